The van der Waals surface area contributed by atoms with E-state index in [2.05, 4.69) is 15.5 Å². The molecule has 0 radical (unpaired) electrons. The van der Waals surface area contributed by atoms with E-state index >= 15 is 0 Å². The monoisotopic (exact) mass is 401 g/mol. The summed E-state index contributed by atoms with van der Waals surface area (Å²) in [6.45, 7) is 3.06. The molecule has 0 unspecified atom stereocenters. The molecule has 3 rings (SSSR count). The van der Waals surface area contributed by atoms with Crippen molar-refractivity contribution in [3.63, 3.8) is 0 Å². The summed E-state index contributed by atoms with van der Waals surface area (Å²) in [6, 6.07) is 11.5. The van der Waals surface area contributed by atoms with E-state index in [1.165, 1.54) is 31.0 Å². The summed E-state index contributed by atoms with van der Waals surface area (Å²) in [4.78, 5) is 16.3. The van der Waals surface area contributed by atoms with Gasteiger partial charge in [0.2, 0.25) is 0 Å². The SMILES string of the molecule is CC=C(F)C=C(C)C(=O)NN=Cc1ccc(Sc2nc3ccccc3s2)o1. The van der Waals surface area contributed by atoms with Gasteiger partial charge in [-0.15, -0.1) is 11.3 Å². The number of amides is 1. The van der Waals surface area contributed by atoms with Gasteiger partial charge in [-0.05, 0) is 56.0 Å². The van der Waals surface area contributed by atoms with Gasteiger partial charge in [-0.3, -0.25) is 4.79 Å². The van der Waals surface area contributed by atoms with Gasteiger partial charge in [-0.25, -0.2) is 14.8 Å². The Hall–Kier alpha value is -2.71. The number of nitrogens with zero attached hydrogens (tertiary/aromatic N) is 2. The average molecular weight is 401 g/mol. The molecular weight excluding hydrogens is 385 g/mol. The van der Waals surface area contributed by atoms with E-state index in [9.17, 15) is 9.18 Å². The average Bonchev–Trinajstić information content (AvgIpc) is 3.27. The highest BCUT2D eigenvalue weighted by Gasteiger charge is 2.08. The molecule has 3 aromatic rings. The second-order valence-electron chi connectivity index (χ2n) is 5.41. The standard InChI is InChI=1S/C19H16FN3O2S2/c1-3-13(20)10-12(2)18(24)23-21-11-14-8-9-17(25-14)27-19-22-15-6-4-5-7-16(15)26-19/h3-11H,1-2H3,(H,23,24). The number of carbonyl (C=O) groups is 1. The molecule has 0 aliphatic carbocycles. The minimum Gasteiger partial charge on any atom is -0.448 e. The molecule has 0 atom stereocenters. The Balaban J connectivity index is 1.59. The molecule has 5 nitrogen and oxygen atoms in total. The van der Waals surface area contributed by atoms with Crippen LogP contribution < -0.4 is 5.43 Å². The van der Waals surface area contributed by atoms with Gasteiger partial charge in [-0.2, -0.15) is 5.10 Å². The predicted octanol–water partition coefficient (Wildman–Crippen LogP) is 5.31. The van der Waals surface area contributed by atoms with Crippen molar-refractivity contribution < 1.29 is 13.6 Å². The number of rotatable bonds is 6. The first-order valence-electron chi connectivity index (χ1n) is 8.02. The quantitative estimate of drug-likeness (QED) is 0.263. The largest absolute Gasteiger partial charge is 0.448 e. The fraction of sp³-hybridized carbons (Fsp3) is 0.105. The number of hydrogen-bond acceptors (Lipinski definition) is 6. The number of fused-ring (bicyclic) bond motifs is 1. The highest BCUT2D eigenvalue weighted by Crippen LogP contribution is 2.34. The number of para-hydroxylation sites is 1. The van der Waals surface area contributed by atoms with Gasteiger partial charge in [0.15, 0.2) is 9.43 Å². The van der Waals surface area contributed by atoms with E-state index in [0.29, 0.717) is 10.9 Å². The van der Waals surface area contributed by atoms with Crippen molar-refractivity contribution in [1.82, 2.24) is 10.4 Å². The summed E-state index contributed by atoms with van der Waals surface area (Å²) in [7, 11) is 0. The van der Waals surface area contributed by atoms with Crippen LogP contribution >= 0.6 is 23.1 Å². The number of thiazole rings is 1. The van der Waals surface area contributed by atoms with Gasteiger partial charge >= 0.3 is 0 Å². The van der Waals surface area contributed by atoms with Crippen LogP contribution in [0.4, 0.5) is 4.39 Å². The summed E-state index contributed by atoms with van der Waals surface area (Å²) in [5, 5.41) is 4.50. The minimum absolute atomic E-state index is 0.217. The summed E-state index contributed by atoms with van der Waals surface area (Å²) in [5.74, 6) is -0.478. The van der Waals surface area contributed by atoms with Crippen LogP contribution in [0.15, 0.2) is 78.9 Å². The van der Waals surface area contributed by atoms with Crippen molar-refractivity contribution in [3.05, 3.63) is 65.7 Å². The van der Waals surface area contributed by atoms with E-state index in [1.807, 2.05) is 30.3 Å². The third kappa shape index (κ3) is 5.15. The van der Waals surface area contributed by atoms with Crippen LogP contribution in [0.2, 0.25) is 0 Å². The summed E-state index contributed by atoms with van der Waals surface area (Å²) >= 11 is 3.02. The highest BCUT2D eigenvalue weighted by molar-refractivity contribution is 8.01. The van der Waals surface area contributed by atoms with Gasteiger partial charge in [0.25, 0.3) is 5.91 Å². The number of hydrazone groups is 1. The first-order valence-corrected chi connectivity index (χ1v) is 9.65. The van der Waals surface area contributed by atoms with Crippen molar-refractivity contribution >= 4 is 45.4 Å². The first-order chi connectivity index (χ1) is 13.0. The lowest BCUT2D eigenvalue weighted by Crippen LogP contribution is -2.18. The van der Waals surface area contributed by atoms with Gasteiger partial charge in [0.05, 0.1) is 16.4 Å². The van der Waals surface area contributed by atoms with E-state index < -0.39 is 11.7 Å². The van der Waals surface area contributed by atoms with Crippen molar-refractivity contribution in [2.75, 3.05) is 0 Å². The molecule has 2 heterocycles. The van der Waals surface area contributed by atoms with Gasteiger partial charge in [0.1, 0.15) is 11.6 Å². The van der Waals surface area contributed by atoms with Crippen LogP contribution in [0.3, 0.4) is 0 Å². The second-order valence-corrected chi connectivity index (χ2v) is 7.69. The number of carbonyl (C=O) groups excluding carboxylic acids is 1. The molecule has 0 aliphatic rings. The van der Waals surface area contributed by atoms with E-state index in [0.717, 1.165) is 20.6 Å². The Kier molecular flexibility index (Phi) is 6.20. The van der Waals surface area contributed by atoms with E-state index in [-0.39, 0.29) is 5.57 Å². The maximum Gasteiger partial charge on any atom is 0.267 e. The molecule has 8 heteroatoms. The number of furan rings is 1. The number of hydrogen-bond donors (Lipinski definition) is 1. The molecule has 138 valence electrons. The molecular formula is C19H16FN3O2S2. The third-order valence-electron chi connectivity index (χ3n) is 3.41. The van der Waals surface area contributed by atoms with Crippen molar-refractivity contribution in [3.8, 4) is 0 Å². The second kappa shape index (κ2) is 8.79. The third-order valence-corrected chi connectivity index (χ3v) is 5.43. The molecule has 0 bridgehead atoms. The fourth-order valence-corrected chi connectivity index (χ4v) is 4.01. The number of aromatic nitrogens is 1. The first kappa shape index (κ1) is 19.1. The Bertz CT molecular complexity index is 1020. The topological polar surface area (TPSA) is 67.5 Å². The van der Waals surface area contributed by atoms with Crippen LogP contribution in [-0.2, 0) is 4.79 Å². The van der Waals surface area contributed by atoms with Crippen molar-refractivity contribution in [2.45, 2.75) is 23.3 Å². The molecule has 0 spiro atoms. The lowest BCUT2D eigenvalue weighted by atomic mass is 10.2. The van der Waals surface area contributed by atoms with Crippen LogP contribution in [0, 0.1) is 0 Å². The minimum atomic E-state index is -0.487. The number of nitrogens with one attached hydrogen (secondary N) is 1. The summed E-state index contributed by atoms with van der Waals surface area (Å²) < 4.78 is 20.8. The Morgan fingerprint density at radius 3 is 2.93 bits per heavy atom. The molecule has 27 heavy (non-hydrogen) atoms. The van der Waals surface area contributed by atoms with E-state index in [1.54, 1.807) is 24.3 Å². The zero-order valence-electron chi connectivity index (χ0n) is 14.6. The Labute approximate surface area is 163 Å². The van der Waals surface area contributed by atoms with Crippen LogP contribution in [0.25, 0.3) is 10.2 Å². The Morgan fingerprint density at radius 1 is 1.33 bits per heavy atom. The van der Waals surface area contributed by atoms with Crippen LogP contribution in [0.5, 0.6) is 0 Å². The number of benzene rings is 1. The molecule has 0 saturated carbocycles. The predicted molar refractivity (Wildman–Crippen MR) is 107 cm³/mol. The van der Waals surface area contributed by atoms with Crippen LogP contribution in [0.1, 0.15) is 19.6 Å². The zero-order chi connectivity index (χ0) is 19.2. The molecule has 0 fully saturated rings. The Morgan fingerprint density at radius 2 is 2.15 bits per heavy atom. The van der Waals surface area contributed by atoms with Crippen molar-refractivity contribution in [1.29, 1.82) is 0 Å². The highest BCUT2D eigenvalue weighted by atomic mass is 32.2. The maximum atomic E-state index is 13.1. The normalized spacial score (nSPS) is 12.9. The van der Waals surface area contributed by atoms with Gasteiger partial charge in [-0.1, -0.05) is 18.2 Å². The molecule has 0 aliphatic heterocycles. The zero-order valence-corrected chi connectivity index (χ0v) is 16.2. The van der Waals surface area contributed by atoms with Crippen LogP contribution in [-0.4, -0.2) is 17.1 Å². The van der Waals surface area contributed by atoms with Gasteiger partial charge in [0, 0.05) is 5.57 Å². The fourth-order valence-electron chi connectivity index (χ4n) is 2.04. The molecule has 1 amide bonds. The van der Waals surface area contributed by atoms with Gasteiger partial charge < -0.3 is 4.42 Å². The van der Waals surface area contributed by atoms with Crippen molar-refractivity contribution in [2.24, 2.45) is 5.10 Å². The number of halogens is 1. The maximum absolute atomic E-state index is 13.1. The lowest BCUT2D eigenvalue weighted by molar-refractivity contribution is -0.117. The molecule has 1 aromatic carbocycles. The molecule has 0 saturated heterocycles. The molecule has 2 aromatic heterocycles. The smallest absolute Gasteiger partial charge is 0.267 e. The number of allylic oxidation sites excluding steroid dienone is 3. The molecule has 1 N–H and O–H groups in total. The summed E-state index contributed by atoms with van der Waals surface area (Å²) in [6.07, 6.45) is 3.80. The summed E-state index contributed by atoms with van der Waals surface area (Å²) in [5.41, 5.74) is 3.50. The van der Waals surface area contributed by atoms with E-state index in [4.69, 9.17) is 4.42 Å². The lowest BCUT2D eigenvalue weighted by Gasteiger charge is -1.98.